The Morgan fingerprint density at radius 2 is 1.78 bits per heavy atom. The van der Waals surface area contributed by atoms with Crippen molar-refractivity contribution < 1.29 is 0 Å². The Labute approximate surface area is 137 Å². The summed E-state index contributed by atoms with van der Waals surface area (Å²) >= 11 is 0. The maximum atomic E-state index is 4.99. The molecule has 1 aliphatic carbocycles. The van der Waals surface area contributed by atoms with Gasteiger partial charge in [0.25, 0.3) is 0 Å². The highest BCUT2D eigenvalue weighted by Gasteiger charge is 2.35. The fraction of sp³-hybridized carbons (Fsp3) is 0.286. The molecule has 4 rings (SSSR count). The highest BCUT2D eigenvalue weighted by molar-refractivity contribution is 5.76. The molecule has 0 fully saturated rings. The molecule has 116 valence electrons. The van der Waals surface area contributed by atoms with Gasteiger partial charge >= 0.3 is 0 Å². The number of hydrogen-bond donors (Lipinski definition) is 1. The molecule has 0 bridgehead atoms. The van der Waals surface area contributed by atoms with Gasteiger partial charge in [-0.2, -0.15) is 0 Å². The van der Waals surface area contributed by atoms with Crippen molar-refractivity contribution in [3.63, 3.8) is 0 Å². The van der Waals surface area contributed by atoms with Gasteiger partial charge < -0.3 is 4.98 Å². The number of rotatable bonds is 1. The zero-order valence-electron chi connectivity index (χ0n) is 14.2. The largest absolute Gasteiger partial charge is 0.341 e. The molecule has 23 heavy (non-hydrogen) atoms. The van der Waals surface area contributed by atoms with Gasteiger partial charge in [0.05, 0.1) is 5.69 Å². The molecule has 0 aliphatic heterocycles. The summed E-state index contributed by atoms with van der Waals surface area (Å²) in [5.41, 5.74) is 9.01. The SMILES string of the molecule is Cc1cc(C)c2c(c1)CC(C)(C)c1[nH]c(-c3ccccc3)nc1-2. The van der Waals surface area contributed by atoms with E-state index in [0.29, 0.717) is 0 Å². The summed E-state index contributed by atoms with van der Waals surface area (Å²) in [6.07, 6.45) is 1.05. The number of aromatic amines is 1. The highest BCUT2D eigenvalue weighted by Crippen LogP contribution is 2.44. The quantitative estimate of drug-likeness (QED) is 0.658. The Kier molecular flexibility index (Phi) is 2.99. The third-order valence-electron chi connectivity index (χ3n) is 4.86. The van der Waals surface area contributed by atoms with Gasteiger partial charge in [0, 0.05) is 22.2 Å². The summed E-state index contributed by atoms with van der Waals surface area (Å²) in [6, 6.07) is 15.0. The standard InChI is InChI=1S/C21H22N2/c1-13-10-14(2)17-16(11-13)12-21(3,4)19-18(17)22-20(23-19)15-8-6-5-7-9-15/h5-11H,12H2,1-4H3,(H,22,23). The minimum atomic E-state index is 0.0720. The van der Waals surface area contributed by atoms with Crippen LogP contribution in [0.2, 0.25) is 0 Å². The third kappa shape index (κ3) is 2.21. The number of nitrogens with one attached hydrogen (secondary N) is 1. The first-order valence-electron chi connectivity index (χ1n) is 8.22. The predicted octanol–water partition coefficient (Wildman–Crippen LogP) is 5.19. The monoisotopic (exact) mass is 302 g/mol. The molecule has 1 aliphatic rings. The Morgan fingerprint density at radius 1 is 1.04 bits per heavy atom. The first-order chi connectivity index (χ1) is 11.0. The zero-order chi connectivity index (χ0) is 16.2. The van der Waals surface area contributed by atoms with Crippen molar-refractivity contribution in [2.75, 3.05) is 0 Å². The molecular formula is C21H22N2. The Hall–Kier alpha value is -2.35. The molecule has 0 unspecified atom stereocenters. The molecule has 2 aromatic carbocycles. The lowest BCUT2D eigenvalue weighted by Gasteiger charge is -2.31. The van der Waals surface area contributed by atoms with Crippen molar-refractivity contribution in [1.82, 2.24) is 9.97 Å². The van der Waals surface area contributed by atoms with E-state index < -0.39 is 0 Å². The van der Waals surface area contributed by atoms with Gasteiger partial charge in [-0.15, -0.1) is 0 Å². The van der Waals surface area contributed by atoms with E-state index in [2.05, 4.69) is 69.1 Å². The summed E-state index contributed by atoms with van der Waals surface area (Å²) in [5, 5.41) is 0. The highest BCUT2D eigenvalue weighted by atomic mass is 15.0. The van der Waals surface area contributed by atoms with Gasteiger partial charge in [0.2, 0.25) is 0 Å². The number of hydrogen-bond acceptors (Lipinski definition) is 1. The summed E-state index contributed by atoms with van der Waals surface area (Å²) in [7, 11) is 0. The molecule has 0 saturated heterocycles. The summed E-state index contributed by atoms with van der Waals surface area (Å²) < 4.78 is 0. The number of H-pyrrole nitrogens is 1. The molecule has 0 atom stereocenters. The van der Waals surface area contributed by atoms with Crippen molar-refractivity contribution in [1.29, 1.82) is 0 Å². The first kappa shape index (κ1) is 14.3. The van der Waals surface area contributed by atoms with Crippen LogP contribution < -0.4 is 0 Å². The second-order valence-corrected chi connectivity index (χ2v) is 7.35. The second kappa shape index (κ2) is 4.82. The molecule has 0 amide bonds. The van der Waals surface area contributed by atoms with Crippen LogP contribution in [0.1, 0.15) is 36.2 Å². The maximum Gasteiger partial charge on any atom is 0.138 e. The van der Waals surface area contributed by atoms with Gasteiger partial charge in [-0.1, -0.05) is 61.9 Å². The summed E-state index contributed by atoms with van der Waals surface area (Å²) in [6.45, 7) is 8.99. The summed E-state index contributed by atoms with van der Waals surface area (Å²) in [4.78, 5) is 8.60. The van der Waals surface area contributed by atoms with Crippen LogP contribution in [-0.4, -0.2) is 9.97 Å². The van der Waals surface area contributed by atoms with E-state index in [9.17, 15) is 0 Å². The molecule has 2 heteroatoms. The van der Waals surface area contributed by atoms with Crippen LogP contribution in [0.15, 0.2) is 42.5 Å². The minimum Gasteiger partial charge on any atom is -0.341 e. The number of nitrogens with zero attached hydrogens (tertiary/aromatic N) is 1. The van der Waals surface area contributed by atoms with Crippen molar-refractivity contribution in [2.24, 2.45) is 0 Å². The lowest BCUT2D eigenvalue weighted by atomic mass is 9.73. The van der Waals surface area contributed by atoms with Crippen LogP contribution in [-0.2, 0) is 11.8 Å². The smallest absolute Gasteiger partial charge is 0.138 e. The van der Waals surface area contributed by atoms with Gasteiger partial charge in [0.15, 0.2) is 0 Å². The molecule has 1 heterocycles. The van der Waals surface area contributed by atoms with Crippen LogP contribution in [0.3, 0.4) is 0 Å². The normalized spacial score (nSPS) is 15.1. The number of imidazole rings is 1. The molecule has 2 nitrogen and oxygen atoms in total. The molecule has 0 spiro atoms. The van der Waals surface area contributed by atoms with E-state index in [4.69, 9.17) is 4.98 Å². The molecule has 3 aromatic rings. The third-order valence-corrected chi connectivity index (χ3v) is 4.86. The lowest BCUT2D eigenvalue weighted by molar-refractivity contribution is 0.503. The average molecular weight is 302 g/mol. The Morgan fingerprint density at radius 3 is 2.52 bits per heavy atom. The maximum absolute atomic E-state index is 4.99. The number of fused-ring (bicyclic) bond motifs is 3. The van der Waals surface area contributed by atoms with Gasteiger partial charge in [-0.05, 0) is 31.4 Å². The fourth-order valence-electron chi connectivity index (χ4n) is 3.87. The van der Waals surface area contributed by atoms with Crippen molar-refractivity contribution in [3.05, 3.63) is 64.8 Å². The first-order valence-corrected chi connectivity index (χ1v) is 8.22. The Balaban J connectivity index is 1.98. The van der Waals surface area contributed by atoms with Crippen LogP contribution >= 0.6 is 0 Å². The van der Waals surface area contributed by atoms with E-state index in [0.717, 1.165) is 23.5 Å². The molecule has 1 aromatic heterocycles. The van der Waals surface area contributed by atoms with Crippen LogP contribution in [0.25, 0.3) is 22.6 Å². The number of benzene rings is 2. The van der Waals surface area contributed by atoms with Crippen molar-refractivity contribution in [2.45, 2.75) is 39.5 Å². The van der Waals surface area contributed by atoms with E-state index in [1.54, 1.807) is 0 Å². The van der Waals surface area contributed by atoms with Crippen LogP contribution in [0.4, 0.5) is 0 Å². The molecular weight excluding hydrogens is 280 g/mol. The number of aromatic nitrogens is 2. The topological polar surface area (TPSA) is 28.7 Å². The lowest BCUT2D eigenvalue weighted by Crippen LogP contribution is -2.26. The van der Waals surface area contributed by atoms with E-state index in [-0.39, 0.29) is 5.41 Å². The van der Waals surface area contributed by atoms with E-state index in [1.807, 2.05) is 6.07 Å². The van der Waals surface area contributed by atoms with Gasteiger partial charge in [-0.3, -0.25) is 0 Å². The second-order valence-electron chi connectivity index (χ2n) is 7.35. The molecule has 0 saturated carbocycles. The molecule has 1 N–H and O–H groups in total. The van der Waals surface area contributed by atoms with Crippen LogP contribution in [0.5, 0.6) is 0 Å². The number of aryl methyl sites for hydroxylation is 2. The van der Waals surface area contributed by atoms with E-state index in [1.165, 1.54) is 27.9 Å². The average Bonchev–Trinajstić information content (AvgIpc) is 2.93. The summed E-state index contributed by atoms with van der Waals surface area (Å²) in [5.74, 6) is 0.969. The predicted molar refractivity (Wildman–Crippen MR) is 95.7 cm³/mol. The van der Waals surface area contributed by atoms with Crippen LogP contribution in [0, 0.1) is 13.8 Å². The van der Waals surface area contributed by atoms with Crippen molar-refractivity contribution in [3.8, 4) is 22.6 Å². The van der Waals surface area contributed by atoms with Gasteiger partial charge in [-0.25, -0.2) is 4.98 Å². The Bertz CT molecular complexity index is 886. The van der Waals surface area contributed by atoms with Crippen molar-refractivity contribution >= 4 is 0 Å². The van der Waals surface area contributed by atoms with E-state index >= 15 is 0 Å². The minimum absolute atomic E-state index is 0.0720. The zero-order valence-corrected chi connectivity index (χ0v) is 14.2. The van der Waals surface area contributed by atoms with Gasteiger partial charge in [0.1, 0.15) is 5.82 Å². The fourth-order valence-corrected chi connectivity index (χ4v) is 3.87. The molecule has 0 radical (unpaired) electrons.